The average Bonchev–Trinajstić information content (AvgIpc) is 2.24. The molecule has 0 spiro atoms. The SMILES string of the molecule is COCCN(CC1CCCC(N)C1)C(C)C. The maximum Gasteiger partial charge on any atom is 0.0589 e. The zero-order valence-electron chi connectivity index (χ0n) is 11.1. The van der Waals surface area contributed by atoms with Gasteiger partial charge in [0, 0.05) is 32.3 Å². The van der Waals surface area contributed by atoms with E-state index in [9.17, 15) is 0 Å². The monoisotopic (exact) mass is 228 g/mol. The first kappa shape index (κ1) is 13.9. The molecule has 2 atom stereocenters. The van der Waals surface area contributed by atoms with E-state index in [1.165, 1.54) is 32.2 Å². The number of rotatable bonds is 6. The van der Waals surface area contributed by atoms with E-state index in [4.69, 9.17) is 10.5 Å². The molecule has 2 unspecified atom stereocenters. The molecule has 0 amide bonds. The predicted octanol–water partition coefficient (Wildman–Crippen LogP) is 1.86. The van der Waals surface area contributed by atoms with E-state index in [1.807, 2.05) is 0 Å². The van der Waals surface area contributed by atoms with Gasteiger partial charge in [-0.3, -0.25) is 4.90 Å². The molecule has 16 heavy (non-hydrogen) atoms. The third-order valence-electron chi connectivity index (χ3n) is 3.63. The molecule has 0 aliphatic heterocycles. The minimum absolute atomic E-state index is 0.440. The first-order chi connectivity index (χ1) is 7.63. The Morgan fingerprint density at radius 1 is 1.38 bits per heavy atom. The molecule has 0 aromatic heterocycles. The summed E-state index contributed by atoms with van der Waals surface area (Å²) < 4.78 is 5.17. The fourth-order valence-electron chi connectivity index (χ4n) is 2.60. The van der Waals surface area contributed by atoms with Gasteiger partial charge in [-0.25, -0.2) is 0 Å². The van der Waals surface area contributed by atoms with Crippen LogP contribution in [0.2, 0.25) is 0 Å². The lowest BCUT2D eigenvalue weighted by molar-refractivity contribution is 0.107. The maximum atomic E-state index is 6.03. The normalized spacial score (nSPS) is 26.6. The lowest BCUT2D eigenvalue weighted by atomic mass is 9.85. The van der Waals surface area contributed by atoms with Gasteiger partial charge in [-0.15, -0.1) is 0 Å². The van der Waals surface area contributed by atoms with Crippen molar-refractivity contribution in [1.82, 2.24) is 4.90 Å². The van der Waals surface area contributed by atoms with Gasteiger partial charge in [0.05, 0.1) is 6.61 Å². The standard InChI is InChI=1S/C13H28N2O/c1-11(2)15(7-8-16-3)10-12-5-4-6-13(14)9-12/h11-13H,4-10,14H2,1-3H3. The highest BCUT2D eigenvalue weighted by atomic mass is 16.5. The Bertz CT molecular complexity index is 185. The summed E-state index contributed by atoms with van der Waals surface area (Å²) in [5.74, 6) is 0.794. The molecular weight excluding hydrogens is 200 g/mol. The topological polar surface area (TPSA) is 38.5 Å². The van der Waals surface area contributed by atoms with Crippen LogP contribution >= 0.6 is 0 Å². The summed E-state index contributed by atoms with van der Waals surface area (Å²) in [5, 5.41) is 0. The van der Waals surface area contributed by atoms with Crippen molar-refractivity contribution in [1.29, 1.82) is 0 Å². The fourth-order valence-corrected chi connectivity index (χ4v) is 2.60. The maximum absolute atomic E-state index is 6.03. The Hall–Kier alpha value is -0.120. The third kappa shape index (κ3) is 4.81. The Morgan fingerprint density at radius 3 is 2.69 bits per heavy atom. The molecule has 1 fully saturated rings. The molecule has 0 bridgehead atoms. The van der Waals surface area contributed by atoms with E-state index in [0.29, 0.717) is 12.1 Å². The van der Waals surface area contributed by atoms with Crippen LogP contribution in [0.3, 0.4) is 0 Å². The first-order valence-corrected chi connectivity index (χ1v) is 6.62. The van der Waals surface area contributed by atoms with Crippen LogP contribution in [-0.2, 0) is 4.74 Å². The number of nitrogens with two attached hydrogens (primary N) is 1. The quantitative estimate of drug-likeness (QED) is 0.754. The molecule has 0 radical (unpaired) electrons. The number of methoxy groups -OCH3 is 1. The molecular formula is C13H28N2O. The first-order valence-electron chi connectivity index (χ1n) is 6.62. The molecule has 1 aliphatic carbocycles. The highest BCUT2D eigenvalue weighted by Crippen LogP contribution is 2.24. The van der Waals surface area contributed by atoms with Crippen molar-refractivity contribution in [2.75, 3.05) is 26.8 Å². The Labute approximate surface area is 100 Å². The predicted molar refractivity (Wildman–Crippen MR) is 68.5 cm³/mol. The molecule has 0 aromatic carbocycles. The van der Waals surface area contributed by atoms with E-state index in [0.717, 1.165) is 19.1 Å². The Balaban J connectivity index is 2.34. The van der Waals surface area contributed by atoms with Crippen LogP contribution in [0.5, 0.6) is 0 Å². The summed E-state index contributed by atoms with van der Waals surface area (Å²) in [6, 6.07) is 1.04. The summed E-state index contributed by atoms with van der Waals surface area (Å²) in [5.41, 5.74) is 6.03. The van der Waals surface area contributed by atoms with Gasteiger partial charge in [-0.1, -0.05) is 6.42 Å². The smallest absolute Gasteiger partial charge is 0.0589 e. The van der Waals surface area contributed by atoms with Gasteiger partial charge in [-0.2, -0.15) is 0 Å². The summed E-state index contributed by atoms with van der Waals surface area (Å²) in [7, 11) is 1.77. The number of ether oxygens (including phenoxy) is 1. The lowest BCUT2D eigenvalue weighted by Crippen LogP contribution is -2.40. The van der Waals surface area contributed by atoms with Gasteiger partial charge in [-0.05, 0) is 39.0 Å². The summed E-state index contributed by atoms with van der Waals surface area (Å²) in [4.78, 5) is 2.52. The lowest BCUT2D eigenvalue weighted by Gasteiger charge is -2.34. The summed E-state index contributed by atoms with van der Waals surface area (Å²) >= 11 is 0. The molecule has 0 heterocycles. The Morgan fingerprint density at radius 2 is 2.12 bits per heavy atom. The fraction of sp³-hybridized carbons (Fsp3) is 1.00. The molecule has 3 heteroatoms. The third-order valence-corrected chi connectivity index (χ3v) is 3.63. The molecule has 3 nitrogen and oxygen atoms in total. The van der Waals surface area contributed by atoms with Crippen LogP contribution in [-0.4, -0.2) is 43.8 Å². The number of hydrogen-bond donors (Lipinski definition) is 1. The van der Waals surface area contributed by atoms with Crippen molar-refractivity contribution in [3.05, 3.63) is 0 Å². The molecule has 2 N–H and O–H groups in total. The van der Waals surface area contributed by atoms with Gasteiger partial charge in [0.2, 0.25) is 0 Å². The summed E-state index contributed by atoms with van der Waals surface area (Å²) in [6.45, 7) is 7.59. The number of hydrogen-bond acceptors (Lipinski definition) is 3. The van der Waals surface area contributed by atoms with Crippen LogP contribution in [0.1, 0.15) is 39.5 Å². The molecule has 96 valence electrons. The van der Waals surface area contributed by atoms with Gasteiger partial charge < -0.3 is 10.5 Å². The largest absolute Gasteiger partial charge is 0.383 e. The highest BCUT2D eigenvalue weighted by molar-refractivity contribution is 4.78. The average molecular weight is 228 g/mol. The van der Waals surface area contributed by atoms with E-state index < -0.39 is 0 Å². The van der Waals surface area contributed by atoms with Crippen molar-refractivity contribution in [2.45, 2.75) is 51.6 Å². The molecule has 0 saturated heterocycles. The molecule has 0 aromatic rings. The number of nitrogens with zero attached hydrogens (tertiary/aromatic N) is 1. The van der Waals surface area contributed by atoms with Crippen LogP contribution in [0.4, 0.5) is 0 Å². The van der Waals surface area contributed by atoms with Crippen LogP contribution in [0, 0.1) is 5.92 Å². The van der Waals surface area contributed by atoms with Gasteiger partial charge in [0.1, 0.15) is 0 Å². The van der Waals surface area contributed by atoms with Crippen LogP contribution in [0.25, 0.3) is 0 Å². The van der Waals surface area contributed by atoms with E-state index in [2.05, 4.69) is 18.7 Å². The zero-order chi connectivity index (χ0) is 12.0. The van der Waals surface area contributed by atoms with Crippen molar-refractivity contribution >= 4 is 0 Å². The molecule has 1 saturated carbocycles. The van der Waals surface area contributed by atoms with Crippen LogP contribution in [0.15, 0.2) is 0 Å². The second-order valence-corrected chi connectivity index (χ2v) is 5.37. The van der Waals surface area contributed by atoms with E-state index >= 15 is 0 Å². The van der Waals surface area contributed by atoms with Crippen LogP contribution < -0.4 is 5.73 Å². The van der Waals surface area contributed by atoms with Gasteiger partial charge in [0.25, 0.3) is 0 Å². The van der Waals surface area contributed by atoms with Crippen molar-refractivity contribution in [2.24, 2.45) is 11.7 Å². The zero-order valence-corrected chi connectivity index (χ0v) is 11.1. The molecule has 1 aliphatic rings. The van der Waals surface area contributed by atoms with Gasteiger partial charge >= 0.3 is 0 Å². The van der Waals surface area contributed by atoms with E-state index in [1.54, 1.807) is 7.11 Å². The van der Waals surface area contributed by atoms with Gasteiger partial charge in [0.15, 0.2) is 0 Å². The Kier molecular flexibility index (Phi) is 6.32. The highest BCUT2D eigenvalue weighted by Gasteiger charge is 2.22. The van der Waals surface area contributed by atoms with Crippen molar-refractivity contribution in [3.8, 4) is 0 Å². The molecule has 1 rings (SSSR count). The second-order valence-electron chi connectivity index (χ2n) is 5.37. The minimum Gasteiger partial charge on any atom is -0.383 e. The van der Waals surface area contributed by atoms with Crippen molar-refractivity contribution < 1.29 is 4.74 Å². The summed E-state index contributed by atoms with van der Waals surface area (Å²) in [6.07, 6.45) is 5.08. The van der Waals surface area contributed by atoms with E-state index in [-0.39, 0.29) is 0 Å². The second kappa shape index (κ2) is 7.25. The van der Waals surface area contributed by atoms with Crippen molar-refractivity contribution in [3.63, 3.8) is 0 Å². The minimum atomic E-state index is 0.440.